The lowest BCUT2D eigenvalue weighted by Crippen LogP contribution is -1.89. The molecule has 11 heavy (non-hydrogen) atoms. The van der Waals surface area contributed by atoms with E-state index >= 15 is 0 Å². The first-order valence-electron chi connectivity index (χ1n) is 3.95. The lowest BCUT2D eigenvalue weighted by molar-refractivity contribution is 0.789. The van der Waals surface area contributed by atoms with Crippen molar-refractivity contribution < 1.29 is 0 Å². The summed E-state index contributed by atoms with van der Waals surface area (Å²) in [5.74, 6) is 0.567. The van der Waals surface area contributed by atoms with E-state index < -0.39 is 0 Å². The van der Waals surface area contributed by atoms with Gasteiger partial charge >= 0.3 is 0 Å². The SMILES string of the molecule is C=C/C(=C/C/C=N/C)C(C)C. The zero-order valence-corrected chi connectivity index (χ0v) is 7.67. The Kier molecular flexibility index (Phi) is 5.44. The maximum Gasteiger partial charge on any atom is 0.0273 e. The summed E-state index contributed by atoms with van der Waals surface area (Å²) in [5.41, 5.74) is 1.30. The van der Waals surface area contributed by atoms with Gasteiger partial charge < -0.3 is 4.99 Å². The molecule has 0 saturated carbocycles. The Labute approximate surface area is 69.5 Å². The molecule has 0 spiro atoms. The zero-order chi connectivity index (χ0) is 8.69. The van der Waals surface area contributed by atoms with E-state index in [0.29, 0.717) is 5.92 Å². The molecule has 0 unspecified atom stereocenters. The normalized spacial score (nSPS) is 12.9. The van der Waals surface area contributed by atoms with Crippen molar-refractivity contribution in [3.63, 3.8) is 0 Å². The van der Waals surface area contributed by atoms with Crippen LogP contribution in [0.3, 0.4) is 0 Å². The van der Waals surface area contributed by atoms with Gasteiger partial charge in [-0.25, -0.2) is 0 Å². The van der Waals surface area contributed by atoms with Crippen LogP contribution in [0.5, 0.6) is 0 Å². The van der Waals surface area contributed by atoms with E-state index in [2.05, 4.69) is 31.5 Å². The second-order valence-electron chi connectivity index (χ2n) is 2.74. The van der Waals surface area contributed by atoms with Crippen LogP contribution in [-0.2, 0) is 0 Å². The lowest BCUT2D eigenvalue weighted by atomic mass is 10.0. The number of aliphatic imine (C=N–C) groups is 1. The molecule has 1 nitrogen and oxygen atoms in total. The molecule has 0 N–H and O–H groups in total. The quantitative estimate of drug-likeness (QED) is 0.433. The van der Waals surface area contributed by atoms with Crippen LogP contribution in [-0.4, -0.2) is 13.3 Å². The molecule has 1 heteroatoms. The number of hydrogen-bond donors (Lipinski definition) is 0. The Morgan fingerprint density at radius 3 is 2.55 bits per heavy atom. The molecule has 0 atom stereocenters. The molecule has 0 aromatic heterocycles. The highest BCUT2D eigenvalue weighted by Crippen LogP contribution is 2.10. The molecular formula is C10H17N. The third-order valence-electron chi connectivity index (χ3n) is 1.54. The molecule has 0 rings (SSSR count). The summed E-state index contributed by atoms with van der Waals surface area (Å²) >= 11 is 0. The van der Waals surface area contributed by atoms with Crippen molar-refractivity contribution in [1.82, 2.24) is 0 Å². The Morgan fingerprint density at radius 1 is 1.55 bits per heavy atom. The zero-order valence-electron chi connectivity index (χ0n) is 7.67. The van der Waals surface area contributed by atoms with Gasteiger partial charge in [-0.3, -0.25) is 0 Å². The van der Waals surface area contributed by atoms with E-state index in [1.165, 1.54) is 5.57 Å². The molecule has 0 saturated heterocycles. The van der Waals surface area contributed by atoms with Crippen LogP contribution in [0.25, 0.3) is 0 Å². The van der Waals surface area contributed by atoms with Crippen LogP contribution in [0.4, 0.5) is 0 Å². The van der Waals surface area contributed by atoms with Crippen LogP contribution < -0.4 is 0 Å². The average molecular weight is 151 g/mol. The fourth-order valence-corrected chi connectivity index (χ4v) is 0.849. The van der Waals surface area contributed by atoms with Gasteiger partial charge in [-0.05, 0) is 11.5 Å². The number of allylic oxidation sites excluding steroid dienone is 3. The Bertz CT molecular complexity index is 164. The molecule has 0 fully saturated rings. The Balaban J connectivity index is 4.01. The van der Waals surface area contributed by atoms with Gasteiger partial charge in [0.05, 0.1) is 0 Å². The number of rotatable bonds is 4. The molecular weight excluding hydrogens is 134 g/mol. The number of hydrogen-bond acceptors (Lipinski definition) is 1. The van der Waals surface area contributed by atoms with Crippen LogP contribution in [0.15, 0.2) is 29.3 Å². The molecule has 62 valence electrons. The van der Waals surface area contributed by atoms with Gasteiger partial charge in [0, 0.05) is 19.7 Å². The highest BCUT2D eigenvalue weighted by Gasteiger charge is 1.95. The maximum absolute atomic E-state index is 3.90. The molecule has 0 aliphatic carbocycles. The third kappa shape index (κ3) is 4.54. The average Bonchev–Trinajstić information content (AvgIpc) is 1.97. The fourth-order valence-electron chi connectivity index (χ4n) is 0.849. The summed E-state index contributed by atoms with van der Waals surface area (Å²) < 4.78 is 0. The van der Waals surface area contributed by atoms with Crippen LogP contribution in [0, 0.1) is 5.92 Å². The molecule has 0 aromatic carbocycles. The second-order valence-corrected chi connectivity index (χ2v) is 2.74. The van der Waals surface area contributed by atoms with Crippen LogP contribution in [0.2, 0.25) is 0 Å². The van der Waals surface area contributed by atoms with E-state index in [4.69, 9.17) is 0 Å². The molecule has 0 aromatic rings. The third-order valence-corrected chi connectivity index (χ3v) is 1.54. The number of nitrogens with zero attached hydrogens (tertiary/aromatic N) is 1. The molecule has 0 heterocycles. The minimum Gasteiger partial charge on any atom is -0.301 e. The van der Waals surface area contributed by atoms with E-state index in [9.17, 15) is 0 Å². The summed E-state index contributed by atoms with van der Waals surface area (Å²) in [5, 5.41) is 0. The Morgan fingerprint density at radius 2 is 2.18 bits per heavy atom. The summed E-state index contributed by atoms with van der Waals surface area (Å²) in [4.78, 5) is 3.90. The Hall–Kier alpha value is -0.850. The van der Waals surface area contributed by atoms with Gasteiger partial charge in [0.25, 0.3) is 0 Å². The van der Waals surface area contributed by atoms with Crippen molar-refractivity contribution in [2.75, 3.05) is 7.05 Å². The molecule has 0 aliphatic heterocycles. The highest BCUT2D eigenvalue weighted by atomic mass is 14.6. The second kappa shape index (κ2) is 5.90. The predicted molar refractivity (Wildman–Crippen MR) is 52.2 cm³/mol. The van der Waals surface area contributed by atoms with Gasteiger partial charge in [0.2, 0.25) is 0 Å². The van der Waals surface area contributed by atoms with Crippen molar-refractivity contribution in [2.45, 2.75) is 20.3 Å². The van der Waals surface area contributed by atoms with E-state index in [0.717, 1.165) is 6.42 Å². The first-order chi connectivity index (χ1) is 5.22. The topological polar surface area (TPSA) is 12.4 Å². The predicted octanol–water partition coefficient (Wildman–Crippen LogP) is 2.85. The molecule has 0 amide bonds. The monoisotopic (exact) mass is 151 g/mol. The van der Waals surface area contributed by atoms with Gasteiger partial charge in [0.15, 0.2) is 0 Å². The minimum absolute atomic E-state index is 0.567. The van der Waals surface area contributed by atoms with Gasteiger partial charge in [0.1, 0.15) is 0 Å². The van der Waals surface area contributed by atoms with Crippen LogP contribution >= 0.6 is 0 Å². The van der Waals surface area contributed by atoms with Gasteiger partial charge in [-0.2, -0.15) is 0 Å². The lowest BCUT2D eigenvalue weighted by Gasteiger charge is -2.03. The molecule has 0 bridgehead atoms. The van der Waals surface area contributed by atoms with E-state index in [1.54, 1.807) is 7.05 Å². The van der Waals surface area contributed by atoms with Crippen molar-refractivity contribution in [3.05, 3.63) is 24.3 Å². The molecule has 0 aliphatic rings. The molecule has 0 radical (unpaired) electrons. The fraction of sp³-hybridized carbons (Fsp3) is 0.500. The van der Waals surface area contributed by atoms with Crippen molar-refractivity contribution in [1.29, 1.82) is 0 Å². The first-order valence-corrected chi connectivity index (χ1v) is 3.95. The summed E-state index contributed by atoms with van der Waals surface area (Å²) in [6.07, 6.45) is 6.88. The smallest absolute Gasteiger partial charge is 0.0273 e. The van der Waals surface area contributed by atoms with E-state index in [1.807, 2.05) is 12.3 Å². The van der Waals surface area contributed by atoms with E-state index in [-0.39, 0.29) is 0 Å². The largest absolute Gasteiger partial charge is 0.301 e. The van der Waals surface area contributed by atoms with Crippen LogP contribution in [0.1, 0.15) is 20.3 Å². The van der Waals surface area contributed by atoms with Crippen molar-refractivity contribution >= 4 is 6.21 Å². The van der Waals surface area contributed by atoms with Crippen molar-refractivity contribution in [2.24, 2.45) is 10.9 Å². The summed E-state index contributed by atoms with van der Waals surface area (Å²) in [6.45, 7) is 8.07. The maximum atomic E-state index is 3.90. The summed E-state index contributed by atoms with van der Waals surface area (Å²) in [6, 6.07) is 0. The first kappa shape index (κ1) is 10.2. The standard InChI is InChI=1S/C10H17N/c1-5-10(9(2)3)7-6-8-11-4/h5,7-9H,1,6H2,2-4H3/b10-7-,11-8+. The summed E-state index contributed by atoms with van der Waals surface area (Å²) in [7, 11) is 1.79. The van der Waals surface area contributed by atoms with Crippen molar-refractivity contribution in [3.8, 4) is 0 Å². The minimum atomic E-state index is 0.567. The van der Waals surface area contributed by atoms with Gasteiger partial charge in [-0.1, -0.05) is 32.6 Å². The highest BCUT2D eigenvalue weighted by molar-refractivity contribution is 5.59. The van der Waals surface area contributed by atoms with Gasteiger partial charge in [-0.15, -0.1) is 0 Å².